The van der Waals surface area contributed by atoms with E-state index in [9.17, 15) is 31.1 Å². The first kappa shape index (κ1) is 31.0. The Morgan fingerprint density at radius 1 is 1.11 bits per heavy atom. The van der Waals surface area contributed by atoms with Crippen LogP contribution in [0.3, 0.4) is 0 Å². The Morgan fingerprint density at radius 2 is 1.74 bits per heavy atom. The summed E-state index contributed by atoms with van der Waals surface area (Å²) in [6.45, 7) is 4.99. The van der Waals surface area contributed by atoms with E-state index in [4.69, 9.17) is 24.5 Å². The van der Waals surface area contributed by atoms with E-state index in [1.165, 1.54) is 0 Å². The Bertz CT molecular complexity index is 1040. The highest BCUT2D eigenvalue weighted by Gasteiger charge is 2.50. The SMILES string of the molecule is O=C(NC[C@]12COC[C@H]1CN(Cc1ccccn1)C2)c1ccsc1.O=C(O)C(F)(F)F.O=C(O)C(F)(F)F. The summed E-state index contributed by atoms with van der Waals surface area (Å²) in [6, 6.07) is 7.90. The van der Waals surface area contributed by atoms with E-state index in [0.29, 0.717) is 12.5 Å². The summed E-state index contributed by atoms with van der Waals surface area (Å²) in [5.41, 5.74) is 1.87. The van der Waals surface area contributed by atoms with Crippen molar-refractivity contribution in [3.63, 3.8) is 0 Å². The van der Waals surface area contributed by atoms with E-state index in [-0.39, 0.29) is 11.3 Å². The number of nitrogens with one attached hydrogen (secondary N) is 1. The average Bonchev–Trinajstić information content (AvgIpc) is 3.54. The maximum Gasteiger partial charge on any atom is 0.490 e. The number of carbonyl (C=O) groups excluding carboxylic acids is 1. The monoisotopic (exact) mass is 571 g/mol. The predicted octanol–water partition coefficient (Wildman–Crippen LogP) is 3.29. The molecule has 4 heterocycles. The number of hydrogen-bond acceptors (Lipinski definition) is 7. The molecule has 0 aliphatic carbocycles. The van der Waals surface area contributed by atoms with Crippen molar-refractivity contribution < 1.29 is 55.7 Å². The number of halogens is 6. The number of carboxylic acid groups (broad SMARTS) is 2. The number of aromatic nitrogens is 1. The first-order valence-electron chi connectivity index (χ1n) is 10.7. The maximum absolute atomic E-state index is 12.3. The van der Waals surface area contributed by atoms with Crippen molar-refractivity contribution in [3.05, 3.63) is 52.5 Å². The normalized spacial score (nSPS) is 20.8. The minimum Gasteiger partial charge on any atom is -0.475 e. The van der Waals surface area contributed by atoms with Crippen molar-refractivity contribution in [2.45, 2.75) is 18.9 Å². The van der Waals surface area contributed by atoms with E-state index in [1.54, 1.807) is 11.3 Å². The number of pyridine rings is 1. The Kier molecular flexibility index (Phi) is 10.6. The highest BCUT2D eigenvalue weighted by molar-refractivity contribution is 7.08. The van der Waals surface area contributed by atoms with Crippen LogP contribution in [-0.2, 0) is 20.9 Å². The lowest BCUT2D eigenvalue weighted by Crippen LogP contribution is -2.43. The van der Waals surface area contributed by atoms with Gasteiger partial charge in [-0.1, -0.05) is 6.07 Å². The zero-order chi connectivity index (χ0) is 28.6. The molecule has 2 saturated heterocycles. The number of rotatable bonds is 5. The molecule has 2 aliphatic rings. The lowest BCUT2D eigenvalue weighted by molar-refractivity contribution is -0.193. The van der Waals surface area contributed by atoms with Gasteiger partial charge in [0.2, 0.25) is 0 Å². The summed E-state index contributed by atoms with van der Waals surface area (Å²) in [6.07, 6.45) is -8.33. The minimum absolute atomic E-state index is 0.0134. The van der Waals surface area contributed by atoms with Crippen molar-refractivity contribution in [1.82, 2.24) is 15.2 Å². The van der Waals surface area contributed by atoms with Crippen molar-refractivity contribution in [3.8, 4) is 0 Å². The fourth-order valence-electron chi connectivity index (χ4n) is 3.79. The number of fused-ring (bicyclic) bond motifs is 1. The molecule has 0 spiro atoms. The zero-order valence-electron chi connectivity index (χ0n) is 19.5. The largest absolute Gasteiger partial charge is 0.490 e. The number of ether oxygens (including phenoxy) is 1. The molecule has 4 rings (SSSR count). The number of carbonyl (C=O) groups is 3. The average molecular weight is 571 g/mol. The molecular formula is C22H23F6N3O6S. The summed E-state index contributed by atoms with van der Waals surface area (Å²) in [5.74, 6) is -5.02. The summed E-state index contributed by atoms with van der Waals surface area (Å²) in [7, 11) is 0. The van der Waals surface area contributed by atoms with Crippen LogP contribution < -0.4 is 5.32 Å². The predicted molar refractivity (Wildman–Crippen MR) is 120 cm³/mol. The molecule has 2 atom stereocenters. The van der Waals surface area contributed by atoms with Gasteiger partial charge in [0.25, 0.3) is 5.91 Å². The van der Waals surface area contributed by atoms with Gasteiger partial charge in [-0.25, -0.2) is 9.59 Å². The van der Waals surface area contributed by atoms with Crippen molar-refractivity contribution in [2.24, 2.45) is 11.3 Å². The number of likely N-dealkylation sites (tertiary alicyclic amines) is 1. The topological polar surface area (TPSA) is 129 Å². The second kappa shape index (κ2) is 13.0. The van der Waals surface area contributed by atoms with Gasteiger partial charge in [0.1, 0.15) is 0 Å². The van der Waals surface area contributed by atoms with Gasteiger partial charge >= 0.3 is 24.3 Å². The second-order valence-electron chi connectivity index (χ2n) is 8.37. The molecule has 210 valence electrons. The lowest BCUT2D eigenvalue weighted by atomic mass is 9.81. The third kappa shape index (κ3) is 9.25. The van der Waals surface area contributed by atoms with Gasteiger partial charge in [-0.2, -0.15) is 37.7 Å². The highest BCUT2D eigenvalue weighted by Crippen LogP contribution is 2.41. The third-order valence-corrected chi connectivity index (χ3v) is 6.26. The molecule has 0 unspecified atom stereocenters. The van der Waals surface area contributed by atoms with Gasteiger partial charge in [-0.3, -0.25) is 14.7 Å². The molecule has 1 amide bonds. The molecular weight excluding hydrogens is 548 g/mol. The highest BCUT2D eigenvalue weighted by atomic mass is 32.1. The summed E-state index contributed by atoms with van der Waals surface area (Å²) in [5, 5.41) is 21.2. The Morgan fingerprint density at radius 3 is 2.24 bits per heavy atom. The van der Waals surface area contributed by atoms with Gasteiger partial charge < -0.3 is 20.3 Å². The van der Waals surface area contributed by atoms with E-state index in [0.717, 1.165) is 44.1 Å². The second-order valence-corrected chi connectivity index (χ2v) is 9.15. The maximum atomic E-state index is 12.3. The fraction of sp³-hybridized carbons (Fsp3) is 0.455. The van der Waals surface area contributed by atoms with E-state index < -0.39 is 24.3 Å². The first-order chi connectivity index (χ1) is 17.6. The molecule has 2 aliphatic heterocycles. The van der Waals surface area contributed by atoms with Crippen LogP contribution in [0.2, 0.25) is 0 Å². The molecule has 3 N–H and O–H groups in total. The number of amides is 1. The molecule has 2 aromatic rings. The number of hydrogen-bond donors (Lipinski definition) is 3. The van der Waals surface area contributed by atoms with Gasteiger partial charge in [0.15, 0.2) is 0 Å². The van der Waals surface area contributed by atoms with Gasteiger partial charge in [0.05, 0.1) is 18.9 Å². The molecule has 0 aromatic carbocycles. The molecule has 2 fully saturated rings. The van der Waals surface area contributed by atoms with Crippen LogP contribution >= 0.6 is 11.3 Å². The van der Waals surface area contributed by atoms with Gasteiger partial charge in [-0.05, 0) is 23.6 Å². The van der Waals surface area contributed by atoms with E-state index in [1.807, 2.05) is 35.2 Å². The Labute approximate surface area is 216 Å². The molecule has 16 heteroatoms. The summed E-state index contributed by atoms with van der Waals surface area (Å²) >= 11 is 1.54. The van der Waals surface area contributed by atoms with Crippen LogP contribution in [0.15, 0.2) is 41.2 Å². The van der Waals surface area contributed by atoms with Crippen LogP contribution in [0.4, 0.5) is 26.3 Å². The quantitative estimate of drug-likeness (QED) is 0.467. The number of carboxylic acids is 2. The number of nitrogens with zero attached hydrogens (tertiary/aromatic N) is 2. The van der Waals surface area contributed by atoms with Gasteiger partial charge in [0, 0.05) is 54.7 Å². The van der Waals surface area contributed by atoms with Crippen molar-refractivity contribution >= 4 is 29.2 Å². The number of alkyl halides is 6. The smallest absolute Gasteiger partial charge is 0.475 e. The molecule has 0 bridgehead atoms. The fourth-order valence-corrected chi connectivity index (χ4v) is 4.42. The third-order valence-electron chi connectivity index (χ3n) is 5.57. The Hall–Kier alpha value is -3.24. The lowest BCUT2D eigenvalue weighted by Gasteiger charge is -2.27. The molecule has 0 saturated carbocycles. The van der Waals surface area contributed by atoms with Crippen LogP contribution in [0.25, 0.3) is 0 Å². The van der Waals surface area contributed by atoms with E-state index >= 15 is 0 Å². The van der Waals surface area contributed by atoms with Crippen LogP contribution in [-0.4, -0.2) is 83.1 Å². The Balaban J connectivity index is 0.000000301. The summed E-state index contributed by atoms with van der Waals surface area (Å²) < 4.78 is 69.2. The summed E-state index contributed by atoms with van der Waals surface area (Å²) in [4.78, 5) is 36.9. The molecule has 9 nitrogen and oxygen atoms in total. The van der Waals surface area contributed by atoms with Crippen LogP contribution in [0.5, 0.6) is 0 Å². The van der Waals surface area contributed by atoms with Crippen molar-refractivity contribution in [1.29, 1.82) is 0 Å². The first-order valence-corrected chi connectivity index (χ1v) is 11.7. The van der Waals surface area contributed by atoms with Crippen LogP contribution in [0, 0.1) is 11.3 Å². The van der Waals surface area contributed by atoms with Gasteiger partial charge in [-0.15, -0.1) is 0 Å². The molecule has 38 heavy (non-hydrogen) atoms. The number of thiophene rings is 1. The van der Waals surface area contributed by atoms with Crippen LogP contribution in [0.1, 0.15) is 16.1 Å². The minimum atomic E-state index is -5.08. The van der Waals surface area contributed by atoms with E-state index in [2.05, 4.69) is 21.3 Å². The zero-order valence-corrected chi connectivity index (χ0v) is 20.3. The number of aliphatic carboxylic acids is 2. The standard InChI is InChI=1S/C18H21N3O2S.2C2HF3O2/c22-17(14-4-6-24-10-14)20-11-18-12-21(7-15(18)9-23-13-18)8-16-3-1-2-5-19-16;2*3-2(4,5)1(6)7/h1-6,10,15H,7-9,11-13H2,(H,20,22);2*(H,6,7)/t15-,18+;;/m1../s1. The molecule has 0 radical (unpaired) electrons. The van der Waals surface area contributed by atoms with Crippen molar-refractivity contribution in [2.75, 3.05) is 32.8 Å². The molecule has 2 aromatic heterocycles.